The Labute approximate surface area is 239 Å². The number of ether oxygens (including phenoxy) is 1. The third-order valence-corrected chi connectivity index (χ3v) is 11.2. The van der Waals surface area contributed by atoms with E-state index in [4.69, 9.17) is 9.72 Å². The smallest absolute Gasteiger partial charge is 0.310 e. The quantitative estimate of drug-likeness (QED) is 0.414. The minimum atomic E-state index is -2.88. The van der Waals surface area contributed by atoms with Crippen molar-refractivity contribution < 1.29 is 23.1 Å². The van der Waals surface area contributed by atoms with Gasteiger partial charge in [0.15, 0.2) is 15.0 Å². The van der Waals surface area contributed by atoms with Gasteiger partial charge in [0.25, 0.3) is 0 Å². The van der Waals surface area contributed by atoms with Gasteiger partial charge in [-0.1, -0.05) is 29.8 Å². The number of carboxylic acids is 1. The van der Waals surface area contributed by atoms with Crippen LogP contribution < -0.4 is 9.64 Å². The summed E-state index contributed by atoms with van der Waals surface area (Å²) in [6.07, 6.45) is 1.45. The lowest BCUT2D eigenvalue weighted by Gasteiger charge is -2.29. The number of thiazole rings is 1. The van der Waals surface area contributed by atoms with Crippen molar-refractivity contribution in [3.8, 4) is 17.0 Å². The average Bonchev–Trinajstić information content (AvgIpc) is 3.48. The third-order valence-electron chi connectivity index (χ3n) is 8.73. The van der Waals surface area contributed by atoms with E-state index < -0.39 is 21.2 Å². The molecule has 8 nitrogen and oxygen atoms in total. The number of nitrogens with zero attached hydrogens (tertiary/aromatic N) is 3. The number of aromatic nitrogens is 1. The molecule has 0 spiro atoms. The first kappa shape index (κ1) is 27.2. The molecule has 40 heavy (non-hydrogen) atoms. The van der Waals surface area contributed by atoms with Crippen molar-refractivity contribution in [2.45, 2.75) is 39.8 Å². The predicted octanol–water partition coefficient (Wildman–Crippen LogP) is 4.54. The number of benzene rings is 2. The van der Waals surface area contributed by atoms with Gasteiger partial charge in [0.1, 0.15) is 12.4 Å². The van der Waals surface area contributed by atoms with Crippen LogP contribution in [0.15, 0.2) is 41.8 Å². The number of anilines is 1. The number of rotatable bonds is 8. The molecule has 1 aromatic heterocycles. The Kier molecular flexibility index (Phi) is 7.13. The maximum Gasteiger partial charge on any atom is 0.310 e. The number of carboxylic acid groups (broad SMARTS) is 1. The van der Waals surface area contributed by atoms with Crippen LogP contribution in [0.25, 0.3) is 11.3 Å². The largest absolute Gasteiger partial charge is 0.488 e. The third kappa shape index (κ3) is 5.49. The fraction of sp³-hybridized carbons (Fsp3) is 0.467. The van der Waals surface area contributed by atoms with Gasteiger partial charge in [0.2, 0.25) is 0 Å². The predicted molar refractivity (Wildman–Crippen MR) is 157 cm³/mol. The summed E-state index contributed by atoms with van der Waals surface area (Å²) >= 11 is 1.60. The normalized spacial score (nSPS) is 23.9. The molecule has 10 heteroatoms. The molecule has 212 valence electrons. The molecule has 2 atom stereocenters. The van der Waals surface area contributed by atoms with E-state index >= 15 is 0 Å². The molecule has 3 fully saturated rings. The van der Waals surface area contributed by atoms with E-state index in [1.54, 1.807) is 11.3 Å². The number of hydrogen-bond acceptors (Lipinski definition) is 8. The molecule has 1 N–H and O–H groups in total. The molecule has 3 heterocycles. The maximum atomic E-state index is 11.7. The highest BCUT2D eigenvalue weighted by atomic mass is 32.2. The van der Waals surface area contributed by atoms with E-state index in [9.17, 15) is 18.3 Å². The molecule has 0 radical (unpaired) electrons. The van der Waals surface area contributed by atoms with Gasteiger partial charge in [-0.15, -0.1) is 11.3 Å². The topological polar surface area (TPSA) is 100 Å². The lowest BCUT2D eigenvalue weighted by molar-refractivity contribution is -0.144. The highest BCUT2D eigenvalue weighted by molar-refractivity contribution is 7.91. The summed E-state index contributed by atoms with van der Waals surface area (Å²) in [6, 6.07) is 12.5. The molecule has 2 aliphatic heterocycles. The molecule has 2 saturated heterocycles. The summed E-state index contributed by atoms with van der Waals surface area (Å²) in [7, 11) is -2.88. The van der Waals surface area contributed by atoms with E-state index in [1.807, 2.05) is 12.1 Å². The highest BCUT2D eigenvalue weighted by Crippen LogP contribution is 2.58. The summed E-state index contributed by atoms with van der Waals surface area (Å²) in [5.41, 5.74) is 5.90. The van der Waals surface area contributed by atoms with Gasteiger partial charge in [0, 0.05) is 43.7 Å². The second-order valence-electron chi connectivity index (χ2n) is 11.6. The number of sulfone groups is 1. The summed E-state index contributed by atoms with van der Waals surface area (Å²) in [4.78, 5) is 21.0. The van der Waals surface area contributed by atoms with Gasteiger partial charge in [0.05, 0.1) is 22.6 Å². The molecule has 0 unspecified atom stereocenters. The van der Waals surface area contributed by atoms with Gasteiger partial charge in [-0.3, -0.25) is 9.69 Å². The Balaban J connectivity index is 1.12. The molecular formula is C30H35N3O5S2. The Morgan fingerprint density at radius 3 is 2.67 bits per heavy atom. The molecule has 3 aliphatic rings. The monoisotopic (exact) mass is 581 g/mol. The molecule has 1 saturated carbocycles. The first-order chi connectivity index (χ1) is 19.1. The van der Waals surface area contributed by atoms with Crippen LogP contribution >= 0.6 is 11.3 Å². The number of fused-ring (bicyclic) bond motifs is 1. The van der Waals surface area contributed by atoms with Crippen molar-refractivity contribution in [2.75, 3.05) is 42.6 Å². The Bertz CT molecular complexity index is 1540. The maximum absolute atomic E-state index is 11.7. The fourth-order valence-electron chi connectivity index (χ4n) is 6.00. The van der Waals surface area contributed by atoms with Crippen LogP contribution in [-0.2, 0) is 27.8 Å². The van der Waals surface area contributed by atoms with E-state index in [-0.39, 0.29) is 17.4 Å². The van der Waals surface area contributed by atoms with Crippen molar-refractivity contribution in [1.29, 1.82) is 0 Å². The van der Waals surface area contributed by atoms with Crippen LogP contribution in [0, 0.1) is 25.2 Å². The second-order valence-corrected chi connectivity index (χ2v) is 14.7. The lowest BCUT2D eigenvalue weighted by atomic mass is 9.96. The van der Waals surface area contributed by atoms with Crippen LogP contribution in [0.2, 0.25) is 0 Å². The van der Waals surface area contributed by atoms with Crippen LogP contribution in [0.4, 0.5) is 5.13 Å². The molecule has 3 aromatic rings. The van der Waals surface area contributed by atoms with Gasteiger partial charge < -0.3 is 14.7 Å². The summed E-state index contributed by atoms with van der Waals surface area (Å²) in [5.74, 6) is 0.825. The average molecular weight is 582 g/mol. The summed E-state index contributed by atoms with van der Waals surface area (Å²) in [6.45, 7) is 7.98. The second kappa shape index (κ2) is 10.5. The van der Waals surface area contributed by atoms with Crippen molar-refractivity contribution in [1.82, 2.24) is 9.88 Å². The summed E-state index contributed by atoms with van der Waals surface area (Å²) in [5, 5.41) is 12.6. The zero-order valence-corrected chi connectivity index (χ0v) is 24.6. The molecular weight excluding hydrogens is 546 g/mol. The van der Waals surface area contributed by atoms with Gasteiger partial charge in [-0.05, 0) is 61.4 Å². The van der Waals surface area contributed by atoms with Gasteiger partial charge in [-0.2, -0.15) is 0 Å². The lowest BCUT2D eigenvalue weighted by Crippen LogP contribution is -2.39. The minimum absolute atomic E-state index is 0.217. The Morgan fingerprint density at radius 2 is 1.95 bits per heavy atom. The van der Waals surface area contributed by atoms with Crippen LogP contribution in [0.3, 0.4) is 0 Å². The Morgan fingerprint density at radius 1 is 1.15 bits per heavy atom. The molecule has 0 amide bonds. The Hall–Kier alpha value is -2.95. The van der Waals surface area contributed by atoms with Crippen LogP contribution in [-0.4, -0.2) is 67.1 Å². The zero-order chi connectivity index (χ0) is 28.1. The van der Waals surface area contributed by atoms with Crippen LogP contribution in [0.1, 0.15) is 35.1 Å². The van der Waals surface area contributed by atoms with E-state index in [0.717, 1.165) is 64.9 Å². The summed E-state index contributed by atoms with van der Waals surface area (Å²) < 4.78 is 29.8. The first-order valence-corrected chi connectivity index (χ1v) is 16.5. The minimum Gasteiger partial charge on any atom is -0.488 e. The number of aliphatic carboxylic acids is 1. The highest BCUT2D eigenvalue weighted by Gasteiger charge is 2.62. The molecule has 0 bridgehead atoms. The number of hydrogen-bond donors (Lipinski definition) is 1. The van der Waals surface area contributed by atoms with Crippen molar-refractivity contribution in [3.05, 3.63) is 64.0 Å². The molecule has 1 aliphatic carbocycles. The standard InChI is InChI=1S/C30H35N3O5S2/c1-20-3-6-27(38-18-23-5-4-22(14-21(23)2)16-32-9-11-40(36,37)12-10-32)25(13-20)26-19-39-29(31-26)33-8-7-30(28(34)35)15-24(30)17-33/h3-6,13-14,19,24H,7-12,15-18H2,1-2H3,(H,34,35)/t24-,30+/m1/s1. The van der Waals surface area contributed by atoms with Crippen LogP contribution in [0.5, 0.6) is 5.75 Å². The van der Waals surface area contributed by atoms with Crippen molar-refractivity contribution in [3.63, 3.8) is 0 Å². The zero-order valence-electron chi connectivity index (χ0n) is 22.9. The molecule has 2 aromatic carbocycles. The van der Waals surface area contributed by atoms with E-state index in [1.165, 1.54) is 5.56 Å². The van der Waals surface area contributed by atoms with Crippen molar-refractivity contribution >= 4 is 32.3 Å². The van der Waals surface area contributed by atoms with E-state index in [0.29, 0.717) is 26.1 Å². The fourth-order valence-corrected chi connectivity index (χ4v) is 8.14. The first-order valence-electron chi connectivity index (χ1n) is 13.8. The van der Waals surface area contributed by atoms with Gasteiger partial charge in [-0.25, -0.2) is 13.4 Å². The number of piperidine rings is 1. The number of carbonyl (C=O) groups is 1. The SMILES string of the molecule is Cc1ccc(OCc2ccc(CN3CCS(=O)(=O)CC3)cc2C)c(-c2csc(N3CC[C@]4(C(=O)O)C[C@@H]4C3)n2)c1. The van der Waals surface area contributed by atoms with Crippen molar-refractivity contribution in [2.24, 2.45) is 11.3 Å². The van der Waals surface area contributed by atoms with Gasteiger partial charge >= 0.3 is 5.97 Å². The number of aryl methyl sites for hydroxylation is 2. The molecule has 6 rings (SSSR count). The van der Waals surface area contributed by atoms with E-state index in [2.05, 4.69) is 53.3 Å².